The van der Waals surface area contributed by atoms with Gasteiger partial charge in [-0.05, 0) is 0 Å². The molecule has 2 rings (SSSR count). The first-order valence-electron chi connectivity index (χ1n) is 5.64. The van der Waals surface area contributed by atoms with Gasteiger partial charge in [0.2, 0.25) is 0 Å². The standard InChI is InChI=1S/C11H12F3N5O/c1-18-6-7(5-16-18)4-15-10(20)8-3-9(11(12,13)14)19(2)17-8/h3,5-6H,4H2,1-2H3,(H,15,20). The molecule has 0 aliphatic rings. The van der Waals surface area contributed by atoms with Gasteiger partial charge in [-0.15, -0.1) is 0 Å². The summed E-state index contributed by atoms with van der Waals surface area (Å²) >= 11 is 0. The number of halogens is 3. The zero-order valence-electron chi connectivity index (χ0n) is 10.8. The minimum atomic E-state index is -4.54. The lowest BCUT2D eigenvalue weighted by Gasteiger charge is -2.04. The normalized spacial score (nSPS) is 11.7. The first-order valence-corrected chi connectivity index (χ1v) is 5.64. The molecule has 0 unspecified atom stereocenters. The minimum absolute atomic E-state index is 0.171. The number of alkyl halides is 3. The summed E-state index contributed by atoms with van der Waals surface area (Å²) in [7, 11) is 2.86. The Morgan fingerprint density at radius 3 is 2.60 bits per heavy atom. The number of carbonyl (C=O) groups excluding carboxylic acids is 1. The largest absolute Gasteiger partial charge is 0.433 e. The lowest BCUT2D eigenvalue weighted by atomic mass is 10.3. The van der Waals surface area contributed by atoms with Gasteiger partial charge in [0.15, 0.2) is 5.69 Å². The molecule has 6 nitrogen and oxygen atoms in total. The summed E-state index contributed by atoms with van der Waals surface area (Å²) in [5, 5.41) is 9.96. The zero-order chi connectivity index (χ0) is 14.9. The van der Waals surface area contributed by atoms with Crippen LogP contribution in [0.5, 0.6) is 0 Å². The number of hydrogen-bond donors (Lipinski definition) is 1. The van der Waals surface area contributed by atoms with Crippen molar-refractivity contribution in [3.05, 3.63) is 35.4 Å². The van der Waals surface area contributed by atoms with Crippen LogP contribution < -0.4 is 5.32 Å². The molecule has 0 bridgehead atoms. The van der Waals surface area contributed by atoms with E-state index in [0.29, 0.717) is 4.68 Å². The Bertz CT molecular complexity index is 628. The van der Waals surface area contributed by atoms with Crippen molar-refractivity contribution in [3.8, 4) is 0 Å². The van der Waals surface area contributed by atoms with E-state index < -0.39 is 17.8 Å². The maximum Gasteiger partial charge on any atom is 0.433 e. The van der Waals surface area contributed by atoms with Crippen LogP contribution in [-0.4, -0.2) is 25.5 Å². The minimum Gasteiger partial charge on any atom is -0.346 e. The van der Waals surface area contributed by atoms with E-state index in [1.165, 1.54) is 0 Å². The molecule has 0 saturated heterocycles. The van der Waals surface area contributed by atoms with Crippen LogP contribution in [0.1, 0.15) is 21.7 Å². The van der Waals surface area contributed by atoms with Crippen molar-refractivity contribution in [1.82, 2.24) is 24.9 Å². The molecule has 0 saturated carbocycles. The maximum atomic E-state index is 12.6. The Hall–Kier alpha value is -2.32. The Morgan fingerprint density at radius 2 is 2.10 bits per heavy atom. The summed E-state index contributed by atoms with van der Waals surface area (Å²) in [6.45, 7) is 0.171. The second-order valence-electron chi connectivity index (χ2n) is 4.24. The van der Waals surface area contributed by atoms with E-state index in [-0.39, 0.29) is 12.2 Å². The molecule has 2 heterocycles. The number of nitrogens with zero attached hydrogens (tertiary/aromatic N) is 4. The van der Waals surface area contributed by atoms with Crippen LogP contribution in [0.15, 0.2) is 18.5 Å². The molecule has 1 amide bonds. The van der Waals surface area contributed by atoms with Crippen LogP contribution in [0.25, 0.3) is 0 Å². The third-order valence-electron chi connectivity index (χ3n) is 2.61. The van der Waals surface area contributed by atoms with Crippen molar-refractivity contribution >= 4 is 5.91 Å². The van der Waals surface area contributed by atoms with Gasteiger partial charge < -0.3 is 5.32 Å². The number of aryl methyl sites for hydroxylation is 2. The molecular weight excluding hydrogens is 275 g/mol. The molecule has 0 aliphatic carbocycles. The number of carbonyl (C=O) groups is 1. The summed E-state index contributed by atoms with van der Waals surface area (Å²) in [4.78, 5) is 11.7. The van der Waals surface area contributed by atoms with E-state index in [1.54, 1.807) is 24.1 Å². The van der Waals surface area contributed by atoms with Crippen molar-refractivity contribution in [1.29, 1.82) is 0 Å². The predicted molar refractivity (Wildman–Crippen MR) is 62.6 cm³/mol. The van der Waals surface area contributed by atoms with Crippen LogP contribution in [-0.2, 0) is 26.8 Å². The van der Waals surface area contributed by atoms with E-state index in [2.05, 4.69) is 15.5 Å². The lowest BCUT2D eigenvalue weighted by Crippen LogP contribution is -2.23. The number of rotatable bonds is 3. The van der Waals surface area contributed by atoms with E-state index in [0.717, 1.165) is 18.7 Å². The Kier molecular flexibility index (Phi) is 3.51. The van der Waals surface area contributed by atoms with Crippen LogP contribution >= 0.6 is 0 Å². The average molecular weight is 287 g/mol. The van der Waals surface area contributed by atoms with Gasteiger partial charge in [-0.2, -0.15) is 23.4 Å². The summed E-state index contributed by atoms with van der Waals surface area (Å²) in [6, 6.07) is 0.721. The highest BCUT2D eigenvalue weighted by Gasteiger charge is 2.35. The molecule has 0 fully saturated rings. The van der Waals surface area contributed by atoms with Crippen molar-refractivity contribution in [2.75, 3.05) is 0 Å². The van der Waals surface area contributed by atoms with Crippen molar-refractivity contribution < 1.29 is 18.0 Å². The van der Waals surface area contributed by atoms with Crippen molar-refractivity contribution in [2.24, 2.45) is 14.1 Å². The fourth-order valence-corrected chi connectivity index (χ4v) is 1.68. The third kappa shape index (κ3) is 2.98. The van der Waals surface area contributed by atoms with Crippen LogP contribution in [0.3, 0.4) is 0 Å². The van der Waals surface area contributed by atoms with Gasteiger partial charge in [0.1, 0.15) is 5.69 Å². The van der Waals surface area contributed by atoms with Crippen molar-refractivity contribution in [3.63, 3.8) is 0 Å². The molecule has 108 valence electrons. The molecule has 2 aromatic rings. The number of aromatic nitrogens is 4. The van der Waals surface area contributed by atoms with Crippen LogP contribution in [0, 0.1) is 0 Å². The average Bonchev–Trinajstić information content (AvgIpc) is 2.91. The molecule has 0 aromatic carbocycles. The topological polar surface area (TPSA) is 64.7 Å². The molecule has 2 aromatic heterocycles. The first kappa shape index (κ1) is 14.1. The smallest absolute Gasteiger partial charge is 0.346 e. The summed E-state index contributed by atoms with van der Waals surface area (Å²) in [5.41, 5.74) is -0.499. The second kappa shape index (κ2) is 4.99. The van der Waals surface area contributed by atoms with Gasteiger partial charge in [0, 0.05) is 38.5 Å². The van der Waals surface area contributed by atoms with Gasteiger partial charge in [-0.3, -0.25) is 14.2 Å². The Balaban J connectivity index is 2.06. The predicted octanol–water partition coefficient (Wildman–Crippen LogP) is 1.10. The van der Waals surface area contributed by atoms with E-state index in [1.807, 2.05) is 0 Å². The highest BCUT2D eigenvalue weighted by atomic mass is 19.4. The third-order valence-corrected chi connectivity index (χ3v) is 2.61. The summed E-state index contributed by atoms with van der Waals surface area (Å²) in [5.74, 6) is -0.667. The Morgan fingerprint density at radius 1 is 1.40 bits per heavy atom. The molecule has 0 spiro atoms. The Labute approximate surface area is 112 Å². The molecule has 20 heavy (non-hydrogen) atoms. The maximum absolute atomic E-state index is 12.6. The lowest BCUT2D eigenvalue weighted by molar-refractivity contribution is -0.143. The SMILES string of the molecule is Cn1cc(CNC(=O)c2cc(C(F)(F)F)n(C)n2)cn1. The first-order chi connectivity index (χ1) is 9.27. The van der Waals surface area contributed by atoms with Gasteiger partial charge in [0.25, 0.3) is 5.91 Å². The molecule has 9 heteroatoms. The molecule has 0 radical (unpaired) electrons. The second-order valence-corrected chi connectivity index (χ2v) is 4.24. The number of nitrogens with one attached hydrogen (secondary N) is 1. The fourth-order valence-electron chi connectivity index (χ4n) is 1.68. The molecule has 0 atom stereocenters. The highest BCUT2D eigenvalue weighted by molar-refractivity contribution is 5.92. The fraction of sp³-hybridized carbons (Fsp3) is 0.364. The van der Waals surface area contributed by atoms with Gasteiger partial charge in [-0.25, -0.2) is 0 Å². The molecule has 1 N–H and O–H groups in total. The van der Waals surface area contributed by atoms with E-state index >= 15 is 0 Å². The van der Waals surface area contributed by atoms with E-state index in [4.69, 9.17) is 0 Å². The van der Waals surface area contributed by atoms with Crippen LogP contribution in [0.2, 0.25) is 0 Å². The number of amides is 1. The zero-order valence-corrected chi connectivity index (χ0v) is 10.8. The monoisotopic (exact) mass is 287 g/mol. The van der Waals surface area contributed by atoms with Gasteiger partial charge in [0.05, 0.1) is 6.20 Å². The summed E-state index contributed by atoms with van der Waals surface area (Å²) < 4.78 is 39.9. The van der Waals surface area contributed by atoms with E-state index in [9.17, 15) is 18.0 Å². The van der Waals surface area contributed by atoms with Gasteiger partial charge >= 0.3 is 6.18 Å². The van der Waals surface area contributed by atoms with Crippen molar-refractivity contribution in [2.45, 2.75) is 12.7 Å². The molecule has 0 aliphatic heterocycles. The van der Waals surface area contributed by atoms with Gasteiger partial charge in [-0.1, -0.05) is 0 Å². The number of hydrogen-bond acceptors (Lipinski definition) is 3. The quantitative estimate of drug-likeness (QED) is 0.919. The summed E-state index contributed by atoms with van der Waals surface area (Å²) in [6.07, 6.45) is -1.29. The molecular formula is C11H12F3N5O. The highest BCUT2D eigenvalue weighted by Crippen LogP contribution is 2.29. The van der Waals surface area contributed by atoms with Crippen LogP contribution in [0.4, 0.5) is 13.2 Å².